The summed E-state index contributed by atoms with van der Waals surface area (Å²) in [5, 5.41) is 9.35. The van der Waals surface area contributed by atoms with E-state index in [0.717, 1.165) is 5.56 Å². The Morgan fingerprint density at radius 1 is 1.31 bits per heavy atom. The Morgan fingerprint density at radius 2 is 1.94 bits per heavy atom. The molecule has 1 unspecified atom stereocenters. The third-order valence-electron chi connectivity index (χ3n) is 2.27. The van der Waals surface area contributed by atoms with Gasteiger partial charge in [-0.25, -0.2) is 0 Å². The quantitative estimate of drug-likeness (QED) is 0.769. The van der Waals surface area contributed by atoms with Crippen LogP contribution in [0, 0.1) is 0 Å². The Kier molecular flexibility index (Phi) is 4.31. The first-order chi connectivity index (χ1) is 7.63. The first-order valence-corrected chi connectivity index (χ1v) is 5.01. The highest BCUT2D eigenvalue weighted by Crippen LogP contribution is 2.34. The van der Waals surface area contributed by atoms with Gasteiger partial charge in [0.1, 0.15) is 0 Å². The van der Waals surface area contributed by atoms with Crippen molar-refractivity contribution in [2.24, 2.45) is 0 Å². The van der Waals surface area contributed by atoms with Crippen LogP contribution in [-0.4, -0.2) is 31.7 Å². The molecule has 0 aromatic heterocycles. The number of ether oxygens (including phenoxy) is 2. The Balaban J connectivity index is 3.25. The second-order valence-electron chi connectivity index (χ2n) is 3.55. The van der Waals surface area contributed by atoms with Crippen molar-refractivity contribution in [1.29, 1.82) is 0 Å². The van der Waals surface area contributed by atoms with Crippen LogP contribution in [0.2, 0.25) is 0 Å². The average molecular weight is 224 g/mol. The molecule has 0 spiro atoms. The molecule has 0 saturated carbocycles. The van der Waals surface area contributed by atoms with Crippen LogP contribution in [0.5, 0.6) is 11.5 Å². The SMILES string of the molecule is COc1c(C=O)ccc(CC(C)O)c1OC. The van der Waals surface area contributed by atoms with Crippen LogP contribution >= 0.6 is 0 Å². The van der Waals surface area contributed by atoms with Crippen molar-refractivity contribution < 1.29 is 19.4 Å². The topological polar surface area (TPSA) is 55.8 Å². The normalized spacial score (nSPS) is 12.0. The van der Waals surface area contributed by atoms with Crippen LogP contribution in [-0.2, 0) is 6.42 Å². The highest BCUT2D eigenvalue weighted by Gasteiger charge is 2.15. The van der Waals surface area contributed by atoms with Gasteiger partial charge in [-0.1, -0.05) is 6.07 Å². The molecule has 4 heteroatoms. The van der Waals surface area contributed by atoms with Gasteiger partial charge in [0.15, 0.2) is 17.8 Å². The molecule has 0 bridgehead atoms. The van der Waals surface area contributed by atoms with E-state index in [1.54, 1.807) is 19.1 Å². The van der Waals surface area contributed by atoms with Crippen molar-refractivity contribution in [3.63, 3.8) is 0 Å². The van der Waals surface area contributed by atoms with Crippen LogP contribution < -0.4 is 9.47 Å². The second kappa shape index (κ2) is 5.51. The molecule has 0 aliphatic carbocycles. The summed E-state index contributed by atoms with van der Waals surface area (Å²) in [6, 6.07) is 3.42. The standard InChI is InChI=1S/C12H16O4/c1-8(14)6-9-4-5-10(7-13)12(16-3)11(9)15-2/h4-5,7-8,14H,6H2,1-3H3. The van der Waals surface area contributed by atoms with Gasteiger partial charge < -0.3 is 14.6 Å². The minimum Gasteiger partial charge on any atom is -0.493 e. The summed E-state index contributed by atoms with van der Waals surface area (Å²) in [5.74, 6) is 0.920. The summed E-state index contributed by atoms with van der Waals surface area (Å²) in [5.41, 5.74) is 1.26. The number of carbonyl (C=O) groups is 1. The molecular formula is C12H16O4. The van der Waals surface area contributed by atoms with Crippen LogP contribution in [0.4, 0.5) is 0 Å². The molecule has 4 nitrogen and oxygen atoms in total. The molecule has 0 aliphatic heterocycles. The molecule has 0 heterocycles. The third-order valence-corrected chi connectivity index (χ3v) is 2.27. The molecule has 0 fully saturated rings. The molecule has 0 radical (unpaired) electrons. The van der Waals surface area contributed by atoms with Gasteiger partial charge in [0, 0.05) is 12.0 Å². The fourth-order valence-corrected chi connectivity index (χ4v) is 1.62. The molecule has 0 amide bonds. The van der Waals surface area contributed by atoms with Crippen molar-refractivity contribution >= 4 is 6.29 Å². The van der Waals surface area contributed by atoms with Gasteiger partial charge in [0.2, 0.25) is 0 Å². The van der Waals surface area contributed by atoms with E-state index in [-0.39, 0.29) is 0 Å². The number of hydrogen-bond donors (Lipinski definition) is 1. The number of aliphatic hydroxyl groups excluding tert-OH is 1. The van der Waals surface area contributed by atoms with E-state index in [2.05, 4.69) is 0 Å². The Labute approximate surface area is 94.8 Å². The molecule has 0 saturated heterocycles. The number of aliphatic hydroxyl groups is 1. The van der Waals surface area contributed by atoms with Crippen molar-refractivity contribution in [3.05, 3.63) is 23.3 Å². The third kappa shape index (κ3) is 2.52. The van der Waals surface area contributed by atoms with Crippen molar-refractivity contribution in [3.8, 4) is 11.5 Å². The molecule has 1 rings (SSSR count). The van der Waals surface area contributed by atoms with Crippen molar-refractivity contribution in [2.75, 3.05) is 14.2 Å². The van der Waals surface area contributed by atoms with Gasteiger partial charge in [0.25, 0.3) is 0 Å². The Morgan fingerprint density at radius 3 is 2.38 bits per heavy atom. The maximum absolute atomic E-state index is 10.8. The van der Waals surface area contributed by atoms with Crippen LogP contribution in [0.3, 0.4) is 0 Å². The summed E-state index contributed by atoms with van der Waals surface area (Å²) >= 11 is 0. The van der Waals surface area contributed by atoms with Gasteiger partial charge in [-0.2, -0.15) is 0 Å². The maximum atomic E-state index is 10.8. The summed E-state index contributed by atoms with van der Waals surface area (Å²) < 4.78 is 10.4. The lowest BCUT2D eigenvalue weighted by atomic mass is 10.0. The summed E-state index contributed by atoms with van der Waals surface area (Å²) in [7, 11) is 3.00. The fourth-order valence-electron chi connectivity index (χ4n) is 1.62. The first-order valence-electron chi connectivity index (χ1n) is 5.01. The minimum absolute atomic E-state index is 0.413. The van der Waals surface area contributed by atoms with Crippen LogP contribution in [0.1, 0.15) is 22.8 Å². The highest BCUT2D eigenvalue weighted by atomic mass is 16.5. The summed E-state index contributed by atoms with van der Waals surface area (Å²) in [6.07, 6.45) is 0.701. The predicted molar refractivity (Wildman–Crippen MR) is 60.3 cm³/mol. The average Bonchev–Trinajstić information content (AvgIpc) is 2.27. The minimum atomic E-state index is -0.472. The van der Waals surface area contributed by atoms with Gasteiger partial charge in [0.05, 0.1) is 25.9 Å². The number of carbonyl (C=O) groups excluding carboxylic acids is 1. The van der Waals surface area contributed by atoms with E-state index >= 15 is 0 Å². The van der Waals surface area contributed by atoms with Crippen LogP contribution in [0.15, 0.2) is 12.1 Å². The largest absolute Gasteiger partial charge is 0.493 e. The maximum Gasteiger partial charge on any atom is 0.171 e. The second-order valence-corrected chi connectivity index (χ2v) is 3.55. The summed E-state index contributed by atoms with van der Waals surface area (Å²) in [4.78, 5) is 10.8. The lowest BCUT2D eigenvalue weighted by Gasteiger charge is -2.15. The number of rotatable bonds is 5. The molecule has 1 N–H and O–H groups in total. The zero-order chi connectivity index (χ0) is 12.1. The zero-order valence-electron chi connectivity index (χ0n) is 9.69. The predicted octanol–water partition coefficient (Wildman–Crippen LogP) is 1.44. The van der Waals surface area contributed by atoms with Gasteiger partial charge in [-0.05, 0) is 13.0 Å². The van der Waals surface area contributed by atoms with Crippen molar-refractivity contribution in [1.82, 2.24) is 0 Å². The molecular weight excluding hydrogens is 208 g/mol. The van der Waals surface area contributed by atoms with Gasteiger partial charge in [-0.15, -0.1) is 0 Å². The number of hydrogen-bond acceptors (Lipinski definition) is 4. The zero-order valence-corrected chi connectivity index (χ0v) is 9.69. The van der Waals surface area contributed by atoms with Crippen molar-refractivity contribution in [2.45, 2.75) is 19.4 Å². The van der Waals surface area contributed by atoms with E-state index in [0.29, 0.717) is 29.8 Å². The van der Waals surface area contributed by atoms with Crippen LogP contribution in [0.25, 0.3) is 0 Å². The van der Waals surface area contributed by atoms with Gasteiger partial charge >= 0.3 is 0 Å². The summed E-state index contributed by atoms with van der Waals surface area (Å²) in [6.45, 7) is 1.69. The lowest BCUT2D eigenvalue weighted by Crippen LogP contribution is -2.07. The Bertz CT molecular complexity index is 372. The monoisotopic (exact) mass is 224 g/mol. The molecule has 1 aromatic carbocycles. The molecule has 88 valence electrons. The molecule has 0 aliphatic rings. The van der Waals surface area contributed by atoms with Gasteiger partial charge in [-0.3, -0.25) is 4.79 Å². The van der Waals surface area contributed by atoms with E-state index in [1.165, 1.54) is 14.2 Å². The fraction of sp³-hybridized carbons (Fsp3) is 0.417. The molecule has 1 aromatic rings. The number of aldehydes is 1. The van der Waals surface area contributed by atoms with E-state index < -0.39 is 6.10 Å². The number of methoxy groups -OCH3 is 2. The smallest absolute Gasteiger partial charge is 0.171 e. The molecule has 1 atom stereocenters. The van der Waals surface area contributed by atoms with E-state index in [9.17, 15) is 9.90 Å². The molecule has 16 heavy (non-hydrogen) atoms. The lowest BCUT2D eigenvalue weighted by molar-refractivity contribution is 0.112. The highest BCUT2D eigenvalue weighted by molar-refractivity contribution is 5.81. The van der Waals surface area contributed by atoms with E-state index in [4.69, 9.17) is 9.47 Å². The Hall–Kier alpha value is -1.55. The number of benzene rings is 1. The first kappa shape index (κ1) is 12.5. The van der Waals surface area contributed by atoms with E-state index in [1.807, 2.05) is 0 Å².